The van der Waals surface area contributed by atoms with Gasteiger partial charge in [-0.3, -0.25) is 0 Å². The van der Waals surface area contributed by atoms with Crippen LogP contribution in [0.2, 0.25) is 0 Å². The van der Waals surface area contributed by atoms with E-state index in [0.29, 0.717) is 0 Å². The van der Waals surface area contributed by atoms with Gasteiger partial charge in [0.1, 0.15) is 0 Å². The molecule has 2 N–H and O–H groups in total. The topological polar surface area (TPSA) is 57.5 Å². The number of carbonyl (C=O) groups is 1. The van der Waals surface area contributed by atoms with E-state index in [1.807, 2.05) is 12.1 Å². The third-order valence-electron chi connectivity index (χ3n) is 2.71. The van der Waals surface area contributed by atoms with Crippen molar-refractivity contribution < 1.29 is 15.0 Å². The molecular formula is C12H18O3S. The van der Waals surface area contributed by atoms with Gasteiger partial charge in [-0.2, -0.15) is 0 Å². The summed E-state index contributed by atoms with van der Waals surface area (Å²) >= 11 is 1.59. The number of thiophene rings is 1. The molecule has 0 aromatic carbocycles. The van der Waals surface area contributed by atoms with E-state index in [2.05, 4.69) is 6.92 Å². The maximum Gasteiger partial charge on any atom is 0.333 e. The van der Waals surface area contributed by atoms with Gasteiger partial charge in [0.05, 0.1) is 0 Å². The number of aliphatic hydroxyl groups is 1. The van der Waals surface area contributed by atoms with Crippen LogP contribution in [0.1, 0.15) is 36.9 Å². The van der Waals surface area contributed by atoms with Crippen molar-refractivity contribution >= 4 is 17.3 Å². The molecule has 16 heavy (non-hydrogen) atoms. The summed E-state index contributed by atoms with van der Waals surface area (Å²) in [5, 5.41) is 18.5. The summed E-state index contributed by atoms with van der Waals surface area (Å²) < 4.78 is 0. The van der Waals surface area contributed by atoms with Gasteiger partial charge in [0.15, 0.2) is 6.10 Å². The summed E-state index contributed by atoms with van der Waals surface area (Å²) in [5.41, 5.74) is -0.734. The number of aliphatic carboxylic acids is 1. The Hall–Kier alpha value is -0.870. The van der Waals surface area contributed by atoms with E-state index in [-0.39, 0.29) is 0 Å². The van der Waals surface area contributed by atoms with Crippen molar-refractivity contribution in [2.75, 3.05) is 0 Å². The van der Waals surface area contributed by atoms with E-state index in [4.69, 9.17) is 5.11 Å². The molecule has 1 rings (SSSR count). The second kappa shape index (κ2) is 4.97. The van der Waals surface area contributed by atoms with E-state index in [9.17, 15) is 9.90 Å². The van der Waals surface area contributed by atoms with Gasteiger partial charge in [-0.25, -0.2) is 4.79 Å². The molecule has 0 spiro atoms. The molecule has 3 nitrogen and oxygen atoms in total. The van der Waals surface area contributed by atoms with E-state index in [1.54, 1.807) is 25.2 Å². The molecule has 1 aromatic rings. The van der Waals surface area contributed by atoms with Gasteiger partial charge in [-0.1, -0.05) is 27.2 Å². The first-order valence-electron chi connectivity index (χ1n) is 5.39. The summed E-state index contributed by atoms with van der Waals surface area (Å²) in [6.07, 6.45) is 0.715. The lowest BCUT2D eigenvalue weighted by Crippen LogP contribution is -2.39. The third-order valence-corrected chi connectivity index (χ3v) is 4.20. The van der Waals surface area contributed by atoms with Crippen LogP contribution < -0.4 is 0 Å². The summed E-state index contributed by atoms with van der Waals surface area (Å²) in [7, 11) is 0. The molecule has 4 heteroatoms. The molecule has 1 aromatic heterocycles. The fraction of sp³-hybridized carbons (Fsp3) is 0.583. The van der Waals surface area contributed by atoms with Gasteiger partial charge in [0.2, 0.25) is 0 Å². The van der Waals surface area contributed by atoms with Crippen molar-refractivity contribution in [2.45, 2.75) is 45.1 Å². The molecule has 0 amide bonds. The van der Waals surface area contributed by atoms with Crippen molar-refractivity contribution in [3.63, 3.8) is 0 Å². The molecule has 0 saturated heterocycles. The SMILES string of the molecule is CCCc1ccc(C(C)(C)C(O)C(=O)O)s1. The van der Waals surface area contributed by atoms with Crippen LogP contribution in [0.25, 0.3) is 0 Å². The fourth-order valence-corrected chi connectivity index (χ4v) is 2.78. The van der Waals surface area contributed by atoms with Crippen LogP contribution in [0.15, 0.2) is 12.1 Å². The number of hydrogen-bond acceptors (Lipinski definition) is 3. The Labute approximate surface area is 99.7 Å². The smallest absolute Gasteiger partial charge is 0.333 e. The second-order valence-electron chi connectivity index (χ2n) is 4.48. The van der Waals surface area contributed by atoms with E-state index in [0.717, 1.165) is 17.7 Å². The normalized spacial score (nSPS) is 13.8. The first-order chi connectivity index (χ1) is 7.39. The second-order valence-corrected chi connectivity index (χ2v) is 5.65. The average molecular weight is 242 g/mol. The molecular weight excluding hydrogens is 224 g/mol. The van der Waals surface area contributed by atoms with E-state index < -0.39 is 17.5 Å². The van der Waals surface area contributed by atoms with Crippen LogP contribution in [0.4, 0.5) is 0 Å². The maximum atomic E-state index is 10.8. The lowest BCUT2D eigenvalue weighted by atomic mass is 9.85. The zero-order chi connectivity index (χ0) is 12.3. The van der Waals surface area contributed by atoms with Gasteiger partial charge in [0.25, 0.3) is 0 Å². The monoisotopic (exact) mass is 242 g/mol. The Bertz CT molecular complexity index is 368. The molecule has 0 aliphatic carbocycles. The number of hydrogen-bond donors (Lipinski definition) is 2. The summed E-state index contributed by atoms with van der Waals surface area (Å²) in [5.74, 6) is -1.17. The molecule has 0 saturated carbocycles. The standard InChI is InChI=1S/C12H18O3S/c1-4-5-8-6-7-9(16-8)12(2,3)10(13)11(14)15/h6-7,10,13H,4-5H2,1-3H3,(H,14,15). The molecule has 0 aliphatic heterocycles. The molecule has 1 unspecified atom stereocenters. The van der Waals surface area contributed by atoms with Gasteiger partial charge < -0.3 is 10.2 Å². The van der Waals surface area contributed by atoms with Crippen LogP contribution in [0.5, 0.6) is 0 Å². The number of aryl methyl sites for hydroxylation is 1. The van der Waals surface area contributed by atoms with E-state index >= 15 is 0 Å². The van der Waals surface area contributed by atoms with Gasteiger partial charge >= 0.3 is 5.97 Å². The predicted molar refractivity (Wildman–Crippen MR) is 65.0 cm³/mol. The minimum absolute atomic E-state index is 0.734. The number of carboxylic acids is 1. The van der Waals surface area contributed by atoms with E-state index in [1.165, 1.54) is 4.88 Å². The lowest BCUT2D eigenvalue weighted by Gasteiger charge is -2.26. The maximum absolute atomic E-state index is 10.8. The Morgan fingerprint density at radius 1 is 1.50 bits per heavy atom. The molecule has 0 radical (unpaired) electrons. The van der Waals surface area contributed by atoms with Crippen LogP contribution in [-0.4, -0.2) is 22.3 Å². The highest BCUT2D eigenvalue weighted by atomic mass is 32.1. The highest BCUT2D eigenvalue weighted by Gasteiger charge is 2.36. The zero-order valence-corrected chi connectivity index (χ0v) is 10.7. The first-order valence-corrected chi connectivity index (χ1v) is 6.21. The quantitative estimate of drug-likeness (QED) is 0.833. The minimum Gasteiger partial charge on any atom is -0.479 e. The summed E-state index contributed by atoms with van der Waals surface area (Å²) in [6.45, 7) is 5.62. The van der Waals surface area contributed by atoms with Gasteiger partial charge in [-0.05, 0) is 18.6 Å². The number of carboxylic acid groups (broad SMARTS) is 1. The minimum atomic E-state index is -1.36. The fourth-order valence-electron chi connectivity index (χ4n) is 1.55. The molecule has 0 bridgehead atoms. The first kappa shape index (κ1) is 13.2. The average Bonchev–Trinajstić information content (AvgIpc) is 2.66. The van der Waals surface area contributed by atoms with Crippen molar-refractivity contribution in [1.29, 1.82) is 0 Å². The Kier molecular flexibility index (Phi) is 4.10. The van der Waals surface area contributed by atoms with Crippen molar-refractivity contribution in [3.05, 3.63) is 21.9 Å². The van der Waals surface area contributed by atoms with Crippen LogP contribution in [-0.2, 0) is 16.6 Å². The van der Waals surface area contributed by atoms with Crippen molar-refractivity contribution in [2.24, 2.45) is 0 Å². The van der Waals surface area contributed by atoms with Crippen LogP contribution >= 0.6 is 11.3 Å². The molecule has 1 atom stereocenters. The molecule has 0 aliphatic rings. The van der Waals surface area contributed by atoms with Crippen LogP contribution in [0.3, 0.4) is 0 Å². The highest BCUT2D eigenvalue weighted by molar-refractivity contribution is 7.12. The van der Waals surface area contributed by atoms with Crippen molar-refractivity contribution in [1.82, 2.24) is 0 Å². The Morgan fingerprint density at radius 3 is 2.62 bits per heavy atom. The molecule has 90 valence electrons. The summed E-state index contributed by atoms with van der Waals surface area (Å²) in [4.78, 5) is 13.0. The predicted octanol–water partition coefficient (Wildman–Crippen LogP) is 2.42. The largest absolute Gasteiger partial charge is 0.479 e. The third kappa shape index (κ3) is 2.62. The van der Waals surface area contributed by atoms with Gasteiger partial charge in [0, 0.05) is 15.2 Å². The highest BCUT2D eigenvalue weighted by Crippen LogP contribution is 2.33. The van der Waals surface area contributed by atoms with Gasteiger partial charge in [-0.15, -0.1) is 11.3 Å². The Balaban J connectivity index is 2.93. The van der Waals surface area contributed by atoms with Crippen molar-refractivity contribution in [3.8, 4) is 0 Å². The number of rotatable bonds is 5. The summed E-state index contributed by atoms with van der Waals surface area (Å²) in [6, 6.07) is 3.93. The lowest BCUT2D eigenvalue weighted by molar-refractivity contribution is -0.150. The molecule has 0 fully saturated rings. The molecule has 1 heterocycles. The Morgan fingerprint density at radius 2 is 2.12 bits per heavy atom. The van der Waals surface area contributed by atoms with Crippen LogP contribution in [0, 0.1) is 0 Å². The zero-order valence-electron chi connectivity index (χ0n) is 9.86. The number of aliphatic hydroxyl groups excluding tert-OH is 1.